The molecule has 11 heteroatoms. The van der Waals surface area contributed by atoms with Gasteiger partial charge in [0.25, 0.3) is 5.91 Å². The van der Waals surface area contributed by atoms with Crippen molar-refractivity contribution in [2.75, 3.05) is 13.7 Å². The highest BCUT2D eigenvalue weighted by molar-refractivity contribution is 8.18. The zero-order chi connectivity index (χ0) is 29.5. The number of nitriles is 1. The number of esters is 1. The number of aliphatic hydroxyl groups excluding tert-OH is 1. The Bertz CT molecular complexity index is 1660. The number of amides is 1. The van der Waals surface area contributed by atoms with Crippen molar-refractivity contribution in [2.24, 2.45) is 4.99 Å². The van der Waals surface area contributed by atoms with Crippen LogP contribution in [0.2, 0.25) is 10.0 Å². The second-order valence-electron chi connectivity index (χ2n) is 8.35. The molecule has 0 unspecified atom stereocenters. The van der Waals surface area contributed by atoms with E-state index in [1.165, 1.54) is 13.2 Å². The maximum absolute atomic E-state index is 12.9. The Morgan fingerprint density at radius 2 is 1.83 bits per heavy atom. The molecule has 208 valence electrons. The van der Waals surface area contributed by atoms with Crippen LogP contribution in [-0.2, 0) is 16.1 Å². The molecule has 3 aromatic rings. The number of rotatable bonds is 8. The Morgan fingerprint density at radius 1 is 1.10 bits per heavy atom. The molecule has 4 rings (SSSR count). The van der Waals surface area contributed by atoms with Gasteiger partial charge in [0.2, 0.25) is 0 Å². The van der Waals surface area contributed by atoms with Crippen molar-refractivity contribution in [3.05, 3.63) is 109 Å². The fourth-order valence-electron chi connectivity index (χ4n) is 3.80. The lowest BCUT2D eigenvalue weighted by atomic mass is 10.1. The van der Waals surface area contributed by atoms with Crippen LogP contribution in [0.25, 0.3) is 6.08 Å². The minimum Gasteiger partial charge on any atom is -0.506 e. The number of methoxy groups -OCH3 is 1. The molecule has 0 saturated heterocycles. The molecule has 0 aromatic heterocycles. The standard InChI is InChI=1S/C30H22Cl2N2O6S/c1-3-39-30(37)25-26(35)24(41-29(25)34-28(36)20-10-6-7-11-21(20)31)14-17-12-22(32)27(23(13-17)38-2)40-16-19-9-5-4-8-18(19)15-33/h4-14,35H,3,16H2,1-2H3/b24-14-,34-29?. The molecule has 1 N–H and O–H groups in total. The number of hydrogen-bond acceptors (Lipinski definition) is 8. The van der Waals surface area contributed by atoms with Gasteiger partial charge < -0.3 is 19.3 Å². The molecular weight excluding hydrogens is 587 g/mol. The molecule has 1 aliphatic heterocycles. The average Bonchev–Trinajstić information content (AvgIpc) is 3.26. The van der Waals surface area contributed by atoms with Crippen molar-refractivity contribution in [1.82, 2.24) is 0 Å². The van der Waals surface area contributed by atoms with Crippen LogP contribution in [0.3, 0.4) is 0 Å². The van der Waals surface area contributed by atoms with Gasteiger partial charge in [-0.05, 0) is 48.9 Å². The number of halogens is 2. The Hall–Kier alpha value is -4.23. The topological polar surface area (TPSA) is 118 Å². The van der Waals surface area contributed by atoms with Crippen molar-refractivity contribution < 1.29 is 28.9 Å². The maximum Gasteiger partial charge on any atom is 0.344 e. The van der Waals surface area contributed by atoms with E-state index in [1.54, 1.807) is 67.6 Å². The molecular formula is C30H22Cl2N2O6S. The predicted octanol–water partition coefficient (Wildman–Crippen LogP) is 7.15. The molecule has 1 aliphatic rings. The van der Waals surface area contributed by atoms with Gasteiger partial charge in [-0.3, -0.25) is 4.79 Å². The number of thioether (sulfide) groups is 1. The van der Waals surface area contributed by atoms with Gasteiger partial charge in [-0.2, -0.15) is 5.26 Å². The molecule has 0 saturated carbocycles. The summed E-state index contributed by atoms with van der Waals surface area (Å²) >= 11 is 13.6. The first-order chi connectivity index (χ1) is 19.8. The SMILES string of the molecule is CCOC(=O)C1=C(O)/C(=C/c2cc(Cl)c(OCc3ccccc3C#N)c(OC)c2)SC1=NC(=O)c1ccccc1Cl. The molecule has 3 aromatic carbocycles. The predicted molar refractivity (Wildman–Crippen MR) is 159 cm³/mol. The third-order valence-corrected chi connectivity index (χ3v) is 7.37. The summed E-state index contributed by atoms with van der Waals surface area (Å²) in [6, 6.07) is 18.7. The van der Waals surface area contributed by atoms with Crippen LogP contribution in [0.5, 0.6) is 11.5 Å². The van der Waals surface area contributed by atoms with Gasteiger partial charge in [-0.25, -0.2) is 9.79 Å². The van der Waals surface area contributed by atoms with Crippen LogP contribution in [0.4, 0.5) is 0 Å². The molecule has 0 atom stereocenters. The van der Waals surface area contributed by atoms with Gasteiger partial charge in [-0.1, -0.05) is 65.3 Å². The van der Waals surface area contributed by atoms with E-state index in [4.69, 9.17) is 37.4 Å². The zero-order valence-corrected chi connectivity index (χ0v) is 24.1. The number of hydrogen-bond donors (Lipinski definition) is 1. The normalized spacial score (nSPS) is 14.7. The molecule has 0 aliphatic carbocycles. The van der Waals surface area contributed by atoms with Crippen molar-refractivity contribution in [3.63, 3.8) is 0 Å². The van der Waals surface area contributed by atoms with E-state index in [1.807, 2.05) is 0 Å². The summed E-state index contributed by atoms with van der Waals surface area (Å²) in [5.41, 5.74) is 1.57. The third-order valence-electron chi connectivity index (χ3n) is 5.74. The minimum atomic E-state index is -0.830. The summed E-state index contributed by atoms with van der Waals surface area (Å²) in [5, 5.41) is 20.7. The summed E-state index contributed by atoms with van der Waals surface area (Å²) in [7, 11) is 1.45. The molecule has 0 bridgehead atoms. The molecule has 41 heavy (non-hydrogen) atoms. The van der Waals surface area contributed by atoms with Crippen LogP contribution in [0.1, 0.15) is 34.0 Å². The van der Waals surface area contributed by atoms with E-state index in [2.05, 4.69) is 11.1 Å². The largest absolute Gasteiger partial charge is 0.506 e. The van der Waals surface area contributed by atoms with Gasteiger partial charge in [0.05, 0.1) is 45.9 Å². The maximum atomic E-state index is 12.9. The summed E-state index contributed by atoms with van der Waals surface area (Å²) in [6.45, 7) is 1.76. The first-order valence-electron chi connectivity index (χ1n) is 12.1. The average molecular weight is 609 g/mol. The second-order valence-corrected chi connectivity index (χ2v) is 10.2. The van der Waals surface area contributed by atoms with E-state index < -0.39 is 17.6 Å². The molecule has 0 radical (unpaired) electrons. The highest BCUT2D eigenvalue weighted by Crippen LogP contribution is 2.42. The highest BCUT2D eigenvalue weighted by Gasteiger charge is 2.34. The van der Waals surface area contributed by atoms with Crippen LogP contribution in [0, 0.1) is 11.3 Å². The van der Waals surface area contributed by atoms with Crippen LogP contribution in [0.15, 0.2) is 81.9 Å². The van der Waals surface area contributed by atoms with E-state index in [-0.39, 0.29) is 50.1 Å². The van der Waals surface area contributed by atoms with E-state index >= 15 is 0 Å². The monoisotopic (exact) mass is 608 g/mol. The lowest BCUT2D eigenvalue weighted by Crippen LogP contribution is -2.14. The number of carbonyl (C=O) groups excluding carboxylic acids is 2. The fraction of sp³-hybridized carbons (Fsp3) is 0.133. The van der Waals surface area contributed by atoms with Crippen LogP contribution >= 0.6 is 35.0 Å². The number of aliphatic hydroxyl groups is 1. The van der Waals surface area contributed by atoms with Crippen molar-refractivity contribution in [2.45, 2.75) is 13.5 Å². The van der Waals surface area contributed by atoms with Crippen molar-refractivity contribution in [3.8, 4) is 17.6 Å². The Balaban J connectivity index is 1.68. The lowest BCUT2D eigenvalue weighted by Gasteiger charge is -2.14. The molecule has 1 amide bonds. The molecule has 8 nitrogen and oxygen atoms in total. The molecule has 0 spiro atoms. The summed E-state index contributed by atoms with van der Waals surface area (Å²) in [5.74, 6) is -1.34. The first kappa shape index (κ1) is 29.7. The number of aliphatic imine (C=N–C) groups is 1. The van der Waals surface area contributed by atoms with Gasteiger partial charge in [0, 0.05) is 5.56 Å². The third kappa shape index (κ3) is 6.74. The van der Waals surface area contributed by atoms with Crippen LogP contribution in [-0.4, -0.2) is 35.7 Å². The van der Waals surface area contributed by atoms with Gasteiger partial charge in [-0.15, -0.1) is 0 Å². The summed E-state index contributed by atoms with van der Waals surface area (Å²) in [6.07, 6.45) is 1.56. The van der Waals surface area contributed by atoms with E-state index in [9.17, 15) is 20.0 Å². The Morgan fingerprint density at radius 3 is 2.54 bits per heavy atom. The fourth-order valence-corrected chi connectivity index (χ4v) is 5.30. The quantitative estimate of drug-likeness (QED) is 0.268. The van der Waals surface area contributed by atoms with E-state index in [0.717, 1.165) is 11.8 Å². The summed E-state index contributed by atoms with van der Waals surface area (Å²) in [4.78, 5) is 29.9. The second kappa shape index (κ2) is 13.4. The van der Waals surface area contributed by atoms with Gasteiger partial charge >= 0.3 is 5.97 Å². The Kier molecular flexibility index (Phi) is 9.73. The van der Waals surface area contributed by atoms with Crippen molar-refractivity contribution in [1.29, 1.82) is 5.26 Å². The summed E-state index contributed by atoms with van der Waals surface area (Å²) < 4.78 is 16.5. The number of carbonyl (C=O) groups is 2. The minimum absolute atomic E-state index is 0.0358. The lowest BCUT2D eigenvalue weighted by molar-refractivity contribution is -0.138. The van der Waals surface area contributed by atoms with Gasteiger partial charge in [0.1, 0.15) is 23.0 Å². The van der Waals surface area contributed by atoms with Crippen LogP contribution < -0.4 is 9.47 Å². The highest BCUT2D eigenvalue weighted by atomic mass is 35.5. The molecule has 1 heterocycles. The van der Waals surface area contributed by atoms with Crippen molar-refractivity contribution >= 4 is 58.0 Å². The number of ether oxygens (including phenoxy) is 3. The zero-order valence-electron chi connectivity index (χ0n) is 21.8. The number of benzene rings is 3. The Labute approximate surface area is 250 Å². The van der Waals surface area contributed by atoms with Gasteiger partial charge in [0.15, 0.2) is 11.5 Å². The molecule has 0 fully saturated rings. The number of nitrogens with zero attached hydrogens (tertiary/aromatic N) is 2. The smallest absolute Gasteiger partial charge is 0.344 e. The van der Waals surface area contributed by atoms with E-state index in [0.29, 0.717) is 22.4 Å². The first-order valence-corrected chi connectivity index (χ1v) is 13.7.